The second-order valence-electron chi connectivity index (χ2n) is 3.84. The van der Waals surface area contributed by atoms with Crippen molar-refractivity contribution in [2.75, 3.05) is 12.4 Å². The molecule has 88 valence electrons. The summed E-state index contributed by atoms with van der Waals surface area (Å²) in [5.41, 5.74) is 0. The average molecular weight is 244 g/mol. The van der Waals surface area contributed by atoms with Crippen LogP contribution in [0.1, 0.15) is 12.8 Å². The quantitative estimate of drug-likeness (QED) is 0.667. The summed E-state index contributed by atoms with van der Waals surface area (Å²) in [4.78, 5) is 35.0. The molecule has 0 aromatic heterocycles. The van der Waals surface area contributed by atoms with Crippen molar-refractivity contribution in [3.05, 3.63) is 0 Å². The third-order valence-corrected chi connectivity index (χ3v) is 3.91. The van der Waals surface area contributed by atoms with Gasteiger partial charge in [0.15, 0.2) is 0 Å². The van der Waals surface area contributed by atoms with Crippen LogP contribution in [-0.4, -0.2) is 51.5 Å². The smallest absolute Gasteiger partial charge is 0.318 e. The molecule has 2 amide bonds. The van der Waals surface area contributed by atoms with E-state index in [1.165, 1.54) is 16.7 Å². The van der Waals surface area contributed by atoms with E-state index in [1.54, 1.807) is 0 Å². The lowest BCUT2D eigenvalue weighted by atomic mass is 10.2. The first-order valence-corrected chi connectivity index (χ1v) is 6.05. The Labute approximate surface area is 96.4 Å². The van der Waals surface area contributed by atoms with Gasteiger partial charge in [-0.05, 0) is 6.42 Å². The van der Waals surface area contributed by atoms with E-state index < -0.39 is 17.3 Å². The molecule has 2 aliphatic rings. The minimum atomic E-state index is -0.893. The van der Waals surface area contributed by atoms with Crippen LogP contribution in [0.3, 0.4) is 0 Å². The Kier molecular flexibility index (Phi) is 3.04. The van der Waals surface area contributed by atoms with Crippen LogP contribution in [0.5, 0.6) is 0 Å². The van der Waals surface area contributed by atoms with Crippen molar-refractivity contribution in [3.63, 3.8) is 0 Å². The predicted octanol–water partition coefficient (Wildman–Crippen LogP) is -0.749. The fourth-order valence-corrected chi connectivity index (χ4v) is 2.83. The number of carbonyl (C=O) groups is 3. The summed E-state index contributed by atoms with van der Waals surface area (Å²) < 4.78 is 0. The van der Waals surface area contributed by atoms with Crippen molar-refractivity contribution in [2.24, 2.45) is 0 Å². The number of thioether (sulfide) groups is 1. The van der Waals surface area contributed by atoms with Gasteiger partial charge in [-0.25, -0.2) is 0 Å². The zero-order valence-corrected chi connectivity index (χ0v) is 9.33. The van der Waals surface area contributed by atoms with Crippen molar-refractivity contribution < 1.29 is 19.5 Å². The number of carbonyl (C=O) groups excluding carboxylic acids is 2. The van der Waals surface area contributed by atoms with E-state index in [4.69, 9.17) is 5.11 Å². The van der Waals surface area contributed by atoms with E-state index in [9.17, 15) is 14.4 Å². The number of rotatable bonds is 2. The lowest BCUT2D eigenvalue weighted by molar-refractivity contribution is -0.137. The van der Waals surface area contributed by atoms with Crippen molar-refractivity contribution in [1.29, 1.82) is 0 Å². The molecule has 6 nitrogen and oxygen atoms in total. The molecule has 0 aromatic rings. The number of amides is 2. The van der Waals surface area contributed by atoms with E-state index >= 15 is 0 Å². The summed E-state index contributed by atoms with van der Waals surface area (Å²) in [6, 6.07) is -0.458. The Morgan fingerprint density at radius 3 is 2.75 bits per heavy atom. The third kappa shape index (κ3) is 2.13. The van der Waals surface area contributed by atoms with Crippen LogP contribution in [0.15, 0.2) is 0 Å². The first-order chi connectivity index (χ1) is 7.58. The molecule has 2 heterocycles. The highest BCUT2D eigenvalue weighted by molar-refractivity contribution is 8.00. The highest BCUT2D eigenvalue weighted by Gasteiger charge is 2.36. The Morgan fingerprint density at radius 2 is 2.25 bits per heavy atom. The van der Waals surface area contributed by atoms with E-state index in [2.05, 4.69) is 5.32 Å². The summed E-state index contributed by atoms with van der Waals surface area (Å²) in [5, 5.41) is 10.8. The maximum absolute atomic E-state index is 11.9. The molecular weight excluding hydrogens is 232 g/mol. The highest BCUT2D eigenvalue weighted by Crippen LogP contribution is 2.24. The van der Waals surface area contributed by atoms with Crippen molar-refractivity contribution >= 4 is 29.5 Å². The largest absolute Gasteiger partial charge is 0.480 e. The Morgan fingerprint density at radius 1 is 1.50 bits per heavy atom. The number of carboxylic acid groups (broad SMARTS) is 1. The number of hydrogen-bond donors (Lipinski definition) is 2. The van der Waals surface area contributed by atoms with Crippen LogP contribution in [0.2, 0.25) is 0 Å². The molecule has 16 heavy (non-hydrogen) atoms. The van der Waals surface area contributed by atoms with Crippen LogP contribution in [0.4, 0.5) is 0 Å². The molecule has 2 fully saturated rings. The van der Waals surface area contributed by atoms with Gasteiger partial charge >= 0.3 is 5.97 Å². The Hall–Kier alpha value is -1.24. The minimum absolute atomic E-state index is 0.111. The zero-order chi connectivity index (χ0) is 11.7. The summed E-state index contributed by atoms with van der Waals surface area (Å²) in [6.45, 7) is 0.227. The van der Waals surface area contributed by atoms with Crippen LogP contribution in [0.25, 0.3) is 0 Å². The predicted molar refractivity (Wildman–Crippen MR) is 56.8 cm³/mol. The average Bonchev–Trinajstić information content (AvgIpc) is 2.84. The number of carboxylic acids is 1. The maximum atomic E-state index is 11.9. The summed E-state index contributed by atoms with van der Waals surface area (Å²) in [6.07, 6.45) is 0.885. The molecule has 0 saturated carbocycles. The molecule has 0 spiro atoms. The zero-order valence-electron chi connectivity index (χ0n) is 8.51. The fraction of sp³-hybridized carbons (Fsp3) is 0.667. The standard InChI is InChI=1S/C9H12N2O4S/c12-7-2-1-5(10-7)8(13)11-3-6(9(14)15)16-4-11/h5-6H,1-4H2,(H,10,12)(H,14,15)/t5-,6+/m0/s1. The normalized spacial score (nSPS) is 29.2. The van der Waals surface area contributed by atoms with Crippen LogP contribution in [0, 0.1) is 0 Å². The molecule has 0 bridgehead atoms. The van der Waals surface area contributed by atoms with Crippen molar-refractivity contribution in [3.8, 4) is 0 Å². The van der Waals surface area contributed by atoms with E-state index in [1.807, 2.05) is 0 Å². The van der Waals surface area contributed by atoms with Crippen molar-refractivity contribution in [2.45, 2.75) is 24.1 Å². The van der Waals surface area contributed by atoms with Crippen LogP contribution >= 0.6 is 11.8 Å². The first kappa shape index (κ1) is 11.3. The SMILES string of the molecule is O=C1CC[C@@H](C(=O)N2CS[C@@H](C(=O)O)C2)N1. The van der Waals surface area contributed by atoms with Gasteiger partial charge in [-0.2, -0.15) is 0 Å². The molecule has 2 rings (SSSR count). The monoisotopic (exact) mass is 244 g/mol. The van der Waals surface area contributed by atoms with Gasteiger partial charge in [-0.1, -0.05) is 0 Å². The molecule has 7 heteroatoms. The molecule has 0 aliphatic carbocycles. The molecule has 0 unspecified atom stereocenters. The molecular formula is C9H12N2O4S. The van der Waals surface area contributed by atoms with Gasteiger partial charge in [0.05, 0.1) is 5.88 Å². The molecule has 2 saturated heterocycles. The molecule has 0 aromatic carbocycles. The number of nitrogens with one attached hydrogen (secondary N) is 1. The van der Waals surface area contributed by atoms with Gasteiger partial charge < -0.3 is 15.3 Å². The maximum Gasteiger partial charge on any atom is 0.318 e. The topological polar surface area (TPSA) is 86.7 Å². The fourth-order valence-electron chi connectivity index (χ4n) is 1.81. The van der Waals surface area contributed by atoms with E-state index in [0.29, 0.717) is 18.7 Å². The van der Waals surface area contributed by atoms with E-state index in [0.717, 1.165) is 0 Å². The first-order valence-electron chi connectivity index (χ1n) is 5.00. The van der Waals surface area contributed by atoms with Gasteiger partial charge in [-0.15, -0.1) is 11.8 Å². The third-order valence-electron chi connectivity index (χ3n) is 2.70. The lowest BCUT2D eigenvalue weighted by Gasteiger charge is -2.19. The van der Waals surface area contributed by atoms with Crippen molar-refractivity contribution in [1.82, 2.24) is 10.2 Å². The second-order valence-corrected chi connectivity index (χ2v) is 5.00. The minimum Gasteiger partial charge on any atom is -0.480 e. The number of aliphatic carboxylic acids is 1. The number of nitrogens with zero attached hydrogens (tertiary/aromatic N) is 1. The van der Waals surface area contributed by atoms with Gasteiger partial charge in [0, 0.05) is 13.0 Å². The van der Waals surface area contributed by atoms with Gasteiger partial charge in [0.1, 0.15) is 11.3 Å². The van der Waals surface area contributed by atoms with Gasteiger partial charge in [-0.3, -0.25) is 14.4 Å². The van der Waals surface area contributed by atoms with Crippen LogP contribution in [-0.2, 0) is 14.4 Å². The highest BCUT2D eigenvalue weighted by atomic mass is 32.2. The van der Waals surface area contributed by atoms with E-state index in [-0.39, 0.29) is 18.4 Å². The summed E-state index contributed by atoms with van der Waals surface area (Å²) >= 11 is 1.24. The Bertz CT molecular complexity index is 346. The van der Waals surface area contributed by atoms with Gasteiger partial charge in [0.2, 0.25) is 11.8 Å². The molecule has 0 radical (unpaired) electrons. The molecule has 2 atom stereocenters. The van der Waals surface area contributed by atoms with Crippen LogP contribution < -0.4 is 5.32 Å². The van der Waals surface area contributed by atoms with Gasteiger partial charge in [0.25, 0.3) is 0 Å². The summed E-state index contributed by atoms with van der Waals surface area (Å²) in [5.74, 6) is -0.778. The lowest BCUT2D eigenvalue weighted by Crippen LogP contribution is -2.44. The Balaban J connectivity index is 1.92. The summed E-state index contributed by atoms with van der Waals surface area (Å²) in [7, 11) is 0. The molecule has 2 N–H and O–H groups in total. The second kappa shape index (κ2) is 4.32. The molecule has 2 aliphatic heterocycles. The number of hydrogen-bond acceptors (Lipinski definition) is 4.